The van der Waals surface area contributed by atoms with E-state index in [-0.39, 0.29) is 18.9 Å². The van der Waals surface area contributed by atoms with Crippen molar-refractivity contribution >= 4 is 5.91 Å². The summed E-state index contributed by atoms with van der Waals surface area (Å²) in [7, 11) is 0. The van der Waals surface area contributed by atoms with Crippen molar-refractivity contribution in [3.8, 4) is 0 Å². The standard InChI is InChI=1S/C75H143NO18/c1-3-5-7-9-11-13-15-17-19-21-23-25-27-28-29-30-31-33-35-37-39-41-43-45-47-49-51-53-63(81)76-58(59(80)52-50-48-46-44-42-40-38-36-34-32-26-24-22-20-18-16-14-12-10-8-6-4-2)57-89-73-69(87)66(84)71(61(55-78)91-73)94-75-70(88)67(85)72(62(56-79)92-75)93-74-68(86)65(83)64(82)60(54-77)90-74/h50,52,58-62,64-75,77-80,82-88H,3-49,51,53-57H2,1-2H3,(H,76,81)/b52-50+. The molecule has 17 atom stereocenters. The van der Waals surface area contributed by atoms with Gasteiger partial charge in [-0.05, 0) is 19.3 Å². The summed E-state index contributed by atoms with van der Waals surface area (Å²) in [5.74, 6) is -0.267. The number of carbonyl (C=O) groups excluding carboxylic acids is 1. The topological polar surface area (TPSA) is 307 Å². The largest absolute Gasteiger partial charge is 0.394 e. The molecule has 0 aromatic rings. The van der Waals surface area contributed by atoms with E-state index in [9.17, 15) is 61.0 Å². The van der Waals surface area contributed by atoms with Crippen LogP contribution in [0.5, 0.6) is 0 Å². The summed E-state index contributed by atoms with van der Waals surface area (Å²) in [6.45, 7) is 1.80. The fourth-order valence-corrected chi connectivity index (χ4v) is 13.5. The maximum atomic E-state index is 13.5. The molecule has 0 radical (unpaired) electrons. The van der Waals surface area contributed by atoms with Crippen molar-refractivity contribution in [3.63, 3.8) is 0 Å². The second-order valence-corrected chi connectivity index (χ2v) is 28.2. The Morgan fingerprint density at radius 1 is 0.372 bits per heavy atom. The summed E-state index contributed by atoms with van der Waals surface area (Å²) < 4.78 is 34.4. The van der Waals surface area contributed by atoms with Crippen LogP contribution < -0.4 is 5.32 Å². The molecule has 0 saturated carbocycles. The Kier molecular flexibility index (Phi) is 52.8. The SMILES string of the molecule is CCCCCCCCCCCCCCCCCCCCCC/C=C/C(O)C(COC1OC(CO)C(OC2OC(CO)C(OC3OC(CO)C(O)C(O)C3O)C(O)C2O)C(O)C1O)NC(=O)CCCCCCCCCCCCCCCCCCCCCCCCCCCCC. The molecule has 94 heavy (non-hydrogen) atoms. The number of nitrogens with one attached hydrogen (secondary N) is 1. The summed E-state index contributed by atoms with van der Waals surface area (Å²) in [5, 5.41) is 121. The molecule has 1 amide bonds. The summed E-state index contributed by atoms with van der Waals surface area (Å²) in [6, 6.07) is -0.970. The molecular weight excluding hydrogens is 1200 g/mol. The Balaban J connectivity index is 1.39. The van der Waals surface area contributed by atoms with Crippen molar-refractivity contribution in [1.29, 1.82) is 0 Å². The number of amides is 1. The van der Waals surface area contributed by atoms with E-state index in [2.05, 4.69) is 19.2 Å². The van der Waals surface area contributed by atoms with E-state index in [1.54, 1.807) is 6.08 Å². The van der Waals surface area contributed by atoms with Crippen LogP contribution in [0.15, 0.2) is 12.2 Å². The highest BCUT2D eigenvalue weighted by Gasteiger charge is 2.53. The van der Waals surface area contributed by atoms with Crippen molar-refractivity contribution in [3.05, 3.63) is 12.2 Å². The van der Waals surface area contributed by atoms with Gasteiger partial charge in [0, 0.05) is 6.42 Å². The molecule has 19 heteroatoms. The number of hydrogen-bond acceptors (Lipinski definition) is 18. The van der Waals surface area contributed by atoms with E-state index in [1.807, 2.05) is 6.08 Å². The van der Waals surface area contributed by atoms with Crippen LogP contribution in [-0.4, -0.2) is 193 Å². The zero-order valence-electron chi connectivity index (χ0n) is 59.2. The van der Waals surface area contributed by atoms with Gasteiger partial charge in [-0.25, -0.2) is 0 Å². The maximum Gasteiger partial charge on any atom is 0.220 e. The number of allylic oxidation sites excluding steroid dienone is 1. The van der Waals surface area contributed by atoms with Crippen molar-refractivity contribution in [2.75, 3.05) is 26.4 Å². The lowest BCUT2D eigenvalue weighted by Gasteiger charge is -2.48. The average molecular weight is 1350 g/mol. The van der Waals surface area contributed by atoms with E-state index >= 15 is 0 Å². The third kappa shape index (κ3) is 37.8. The van der Waals surface area contributed by atoms with Crippen molar-refractivity contribution < 1.29 is 89.4 Å². The van der Waals surface area contributed by atoms with Crippen LogP contribution in [0, 0.1) is 0 Å². The zero-order chi connectivity index (χ0) is 68.2. The molecule has 19 nitrogen and oxygen atoms in total. The van der Waals surface area contributed by atoms with Gasteiger partial charge in [-0.15, -0.1) is 0 Å². The third-order valence-corrected chi connectivity index (χ3v) is 19.8. The first-order chi connectivity index (χ1) is 45.8. The Morgan fingerprint density at radius 3 is 1.00 bits per heavy atom. The second kappa shape index (κ2) is 57.2. The Labute approximate surface area is 569 Å². The van der Waals surface area contributed by atoms with E-state index < -0.39 is 124 Å². The lowest BCUT2D eigenvalue weighted by Crippen LogP contribution is -2.66. The summed E-state index contributed by atoms with van der Waals surface area (Å²) in [4.78, 5) is 13.5. The molecule has 0 bridgehead atoms. The van der Waals surface area contributed by atoms with Gasteiger partial charge in [0.05, 0.1) is 38.6 Å². The molecule has 3 heterocycles. The zero-order valence-corrected chi connectivity index (χ0v) is 59.2. The molecule has 3 aliphatic rings. The molecule has 3 rings (SSSR count). The molecule has 556 valence electrons. The van der Waals surface area contributed by atoms with E-state index in [0.29, 0.717) is 6.42 Å². The number of ether oxygens (including phenoxy) is 6. The number of aliphatic hydroxyl groups is 11. The normalized spacial score (nSPS) is 27.4. The first-order valence-corrected chi connectivity index (χ1v) is 38.9. The number of hydrogen-bond donors (Lipinski definition) is 12. The highest BCUT2D eigenvalue weighted by Crippen LogP contribution is 2.33. The van der Waals surface area contributed by atoms with Gasteiger partial charge in [-0.1, -0.05) is 315 Å². The number of unbranched alkanes of at least 4 members (excludes halogenated alkanes) is 46. The van der Waals surface area contributed by atoms with E-state index in [1.165, 1.54) is 257 Å². The molecule has 0 spiro atoms. The van der Waals surface area contributed by atoms with E-state index in [4.69, 9.17) is 28.4 Å². The predicted molar refractivity (Wildman–Crippen MR) is 370 cm³/mol. The Morgan fingerprint density at radius 2 is 0.660 bits per heavy atom. The maximum absolute atomic E-state index is 13.5. The number of aliphatic hydroxyl groups excluding tert-OH is 11. The van der Waals surface area contributed by atoms with Crippen LogP contribution in [0.3, 0.4) is 0 Å². The van der Waals surface area contributed by atoms with Crippen LogP contribution in [0.4, 0.5) is 0 Å². The van der Waals surface area contributed by atoms with Crippen LogP contribution in [0.2, 0.25) is 0 Å². The molecule has 12 N–H and O–H groups in total. The summed E-state index contributed by atoms with van der Waals surface area (Å²) >= 11 is 0. The van der Waals surface area contributed by atoms with Crippen molar-refractivity contribution in [1.82, 2.24) is 5.32 Å². The fraction of sp³-hybridized carbons (Fsp3) is 0.960. The van der Waals surface area contributed by atoms with Gasteiger partial charge >= 0.3 is 0 Å². The molecule has 0 aromatic carbocycles. The molecule has 17 unspecified atom stereocenters. The minimum absolute atomic E-state index is 0.250. The smallest absolute Gasteiger partial charge is 0.220 e. The lowest BCUT2D eigenvalue weighted by molar-refractivity contribution is -0.379. The second-order valence-electron chi connectivity index (χ2n) is 28.2. The quantitative estimate of drug-likeness (QED) is 0.0199. The number of rotatable bonds is 62. The van der Waals surface area contributed by atoms with Crippen molar-refractivity contribution in [2.45, 2.75) is 433 Å². The Bertz CT molecular complexity index is 1750. The van der Waals surface area contributed by atoms with Gasteiger partial charge in [0.15, 0.2) is 18.9 Å². The highest BCUT2D eigenvalue weighted by molar-refractivity contribution is 5.76. The lowest BCUT2D eigenvalue weighted by atomic mass is 9.96. The third-order valence-electron chi connectivity index (χ3n) is 19.8. The highest BCUT2D eigenvalue weighted by atomic mass is 16.8. The van der Waals surface area contributed by atoms with Gasteiger partial charge in [-0.3, -0.25) is 4.79 Å². The molecule has 0 aromatic heterocycles. The number of carbonyl (C=O) groups is 1. The molecule has 0 aliphatic carbocycles. The molecular formula is C75H143NO18. The van der Waals surface area contributed by atoms with E-state index in [0.717, 1.165) is 44.9 Å². The van der Waals surface area contributed by atoms with Gasteiger partial charge < -0.3 is 89.9 Å². The van der Waals surface area contributed by atoms with Crippen LogP contribution in [-0.2, 0) is 33.2 Å². The minimum atomic E-state index is -1.98. The monoisotopic (exact) mass is 1350 g/mol. The van der Waals surface area contributed by atoms with Gasteiger partial charge in [0.25, 0.3) is 0 Å². The van der Waals surface area contributed by atoms with Gasteiger partial charge in [0.2, 0.25) is 5.91 Å². The van der Waals surface area contributed by atoms with Crippen molar-refractivity contribution in [2.24, 2.45) is 0 Å². The molecule has 3 saturated heterocycles. The minimum Gasteiger partial charge on any atom is -0.394 e. The van der Waals surface area contributed by atoms with Gasteiger partial charge in [-0.2, -0.15) is 0 Å². The summed E-state index contributed by atoms with van der Waals surface area (Å²) in [5.41, 5.74) is 0. The predicted octanol–water partition coefficient (Wildman–Crippen LogP) is 12.0. The van der Waals surface area contributed by atoms with Crippen LogP contribution in [0.25, 0.3) is 0 Å². The molecule has 3 fully saturated rings. The molecule has 3 aliphatic heterocycles. The fourth-order valence-electron chi connectivity index (χ4n) is 13.5. The Hall–Kier alpha value is -1.47. The first-order valence-electron chi connectivity index (χ1n) is 38.9. The average Bonchev–Trinajstić information content (AvgIpc) is 0.787. The van der Waals surface area contributed by atoms with Gasteiger partial charge in [0.1, 0.15) is 73.2 Å². The summed E-state index contributed by atoms with van der Waals surface area (Å²) in [6.07, 6.45) is 39.1. The van der Waals surface area contributed by atoms with Crippen LogP contribution >= 0.6 is 0 Å². The van der Waals surface area contributed by atoms with Crippen LogP contribution in [0.1, 0.15) is 328 Å². The first kappa shape index (κ1) is 86.8.